The molecule has 0 aromatic heterocycles. The van der Waals surface area contributed by atoms with E-state index < -0.39 is 16.1 Å². The predicted molar refractivity (Wildman–Crippen MR) is 76.8 cm³/mol. The van der Waals surface area contributed by atoms with Crippen molar-refractivity contribution in [3.8, 4) is 5.75 Å². The second kappa shape index (κ2) is 6.19. The number of rotatable bonds is 4. The van der Waals surface area contributed by atoms with E-state index in [1.54, 1.807) is 6.07 Å². The molecule has 3 nitrogen and oxygen atoms in total. The van der Waals surface area contributed by atoms with Crippen molar-refractivity contribution in [2.45, 2.75) is 30.0 Å². The van der Waals surface area contributed by atoms with Crippen LogP contribution < -0.4 is 10.5 Å². The average molecular weight is 320 g/mol. The minimum atomic E-state index is -0.790. The van der Waals surface area contributed by atoms with Crippen LogP contribution in [-0.2, 0) is 0 Å². The quantitative estimate of drug-likeness (QED) is 0.861. The van der Waals surface area contributed by atoms with Gasteiger partial charge in [0.1, 0.15) is 15.9 Å². The van der Waals surface area contributed by atoms with E-state index in [-0.39, 0.29) is 5.56 Å². The van der Waals surface area contributed by atoms with Crippen LogP contribution in [0.25, 0.3) is 0 Å². The highest BCUT2D eigenvalue weighted by Crippen LogP contribution is 2.40. The van der Waals surface area contributed by atoms with Gasteiger partial charge < -0.3 is 10.5 Å². The lowest BCUT2D eigenvalue weighted by atomic mass is 9.89. The Kier molecular flexibility index (Phi) is 4.76. The van der Waals surface area contributed by atoms with Gasteiger partial charge in [-0.3, -0.25) is 4.79 Å². The van der Waals surface area contributed by atoms with E-state index in [1.165, 1.54) is 12.1 Å². The van der Waals surface area contributed by atoms with Crippen LogP contribution in [0.1, 0.15) is 36.0 Å². The lowest BCUT2D eigenvalue weighted by Crippen LogP contribution is -2.25. The molecular weight excluding hydrogens is 304 g/mol. The molecule has 0 atom stereocenters. The van der Waals surface area contributed by atoms with E-state index in [1.807, 2.05) is 0 Å². The zero-order valence-electron chi connectivity index (χ0n) is 10.9. The molecule has 0 unspecified atom stereocenters. The summed E-state index contributed by atoms with van der Waals surface area (Å²) >= 11 is 12.1. The molecule has 1 amide bonds. The van der Waals surface area contributed by atoms with Gasteiger partial charge in [0.25, 0.3) is 5.91 Å². The summed E-state index contributed by atoms with van der Waals surface area (Å²) in [7, 11) is 0. The van der Waals surface area contributed by atoms with Gasteiger partial charge in [0.2, 0.25) is 0 Å². The summed E-state index contributed by atoms with van der Waals surface area (Å²) in [6, 6.07) is 4.05. The molecule has 1 fully saturated rings. The van der Waals surface area contributed by atoms with Crippen LogP contribution in [0.5, 0.6) is 5.75 Å². The van der Waals surface area contributed by atoms with Crippen LogP contribution >= 0.6 is 23.2 Å². The second-order valence-electron chi connectivity index (χ2n) is 5.12. The maximum Gasteiger partial charge on any atom is 0.251 e. The van der Waals surface area contributed by atoms with Gasteiger partial charge >= 0.3 is 0 Å². The van der Waals surface area contributed by atoms with Crippen molar-refractivity contribution < 1.29 is 13.9 Å². The Morgan fingerprint density at radius 3 is 2.60 bits per heavy atom. The number of alkyl halides is 2. The van der Waals surface area contributed by atoms with Crippen molar-refractivity contribution in [1.29, 1.82) is 0 Å². The van der Waals surface area contributed by atoms with Gasteiger partial charge in [0, 0.05) is 6.07 Å². The van der Waals surface area contributed by atoms with Crippen molar-refractivity contribution in [3.05, 3.63) is 29.6 Å². The zero-order valence-corrected chi connectivity index (χ0v) is 12.4. The fourth-order valence-electron chi connectivity index (χ4n) is 2.27. The number of primary amides is 1. The largest absolute Gasteiger partial charge is 0.493 e. The van der Waals surface area contributed by atoms with E-state index in [0.29, 0.717) is 18.3 Å². The van der Waals surface area contributed by atoms with Crippen LogP contribution in [0.15, 0.2) is 18.2 Å². The van der Waals surface area contributed by atoms with Gasteiger partial charge in [0.15, 0.2) is 0 Å². The monoisotopic (exact) mass is 319 g/mol. The number of nitrogens with two attached hydrogens (primary N) is 1. The molecule has 1 saturated carbocycles. The Morgan fingerprint density at radius 1 is 1.40 bits per heavy atom. The highest BCUT2D eigenvalue weighted by Gasteiger charge is 2.31. The van der Waals surface area contributed by atoms with Crippen molar-refractivity contribution >= 4 is 29.1 Å². The fourth-order valence-corrected chi connectivity index (χ4v) is 2.70. The minimum Gasteiger partial charge on any atom is -0.493 e. The smallest absolute Gasteiger partial charge is 0.251 e. The minimum absolute atomic E-state index is 0.135. The number of hydrogen-bond acceptors (Lipinski definition) is 2. The van der Waals surface area contributed by atoms with E-state index >= 15 is 0 Å². The number of amides is 1. The lowest BCUT2D eigenvalue weighted by molar-refractivity contribution is 0.0996. The van der Waals surface area contributed by atoms with Gasteiger partial charge in [-0.2, -0.15) is 0 Å². The van der Waals surface area contributed by atoms with Crippen LogP contribution in [0.2, 0.25) is 0 Å². The third-order valence-corrected chi connectivity index (χ3v) is 4.28. The van der Waals surface area contributed by atoms with E-state index in [2.05, 4.69) is 0 Å². The maximum atomic E-state index is 13.6. The predicted octanol–water partition coefficient (Wildman–Crippen LogP) is 3.67. The van der Waals surface area contributed by atoms with Gasteiger partial charge in [-0.05, 0) is 43.7 Å². The van der Waals surface area contributed by atoms with Crippen molar-refractivity contribution in [2.75, 3.05) is 6.61 Å². The molecule has 1 aliphatic rings. The van der Waals surface area contributed by atoms with Crippen molar-refractivity contribution in [1.82, 2.24) is 0 Å². The number of ether oxygens (including phenoxy) is 1. The Balaban J connectivity index is 1.89. The van der Waals surface area contributed by atoms with E-state index in [9.17, 15) is 9.18 Å². The number of benzene rings is 1. The van der Waals surface area contributed by atoms with Crippen LogP contribution in [0.3, 0.4) is 0 Å². The normalized spacial score (nSPS) is 18.8. The molecule has 0 aliphatic heterocycles. The molecule has 20 heavy (non-hydrogen) atoms. The lowest BCUT2D eigenvalue weighted by Gasteiger charge is -2.30. The number of halogens is 3. The Bertz CT molecular complexity index is 498. The number of carbonyl (C=O) groups excluding carboxylic acids is 1. The SMILES string of the molecule is NC(=O)c1ccc(OCC2CCC(Cl)(Cl)CC2)cc1F. The molecule has 0 saturated heterocycles. The van der Waals surface area contributed by atoms with Gasteiger partial charge in [-0.15, -0.1) is 23.2 Å². The molecule has 2 rings (SSSR count). The Labute approximate surface area is 127 Å². The molecule has 6 heteroatoms. The Morgan fingerprint density at radius 2 is 2.05 bits per heavy atom. The average Bonchev–Trinajstić information content (AvgIpc) is 2.37. The third kappa shape index (κ3) is 4.00. The highest BCUT2D eigenvalue weighted by atomic mass is 35.5. The summed E-state index contributed by atoms with van der Waals surface area (Å²) in [4.78, 5) is 10.9. The molecule has 0 heterocycles. The molecule has 1 aromatic rings. The van der Waals surface area contributed by atoms with Crippen LogP contribution in [-0.4, -0.2) is 16.8 Å². The zero-order chi connectivity index (χ0) is 14.8. The first-order valence-corrected chi connectivity index (χ1v) is 7.23. The molecule has 1 aliphatic carbocycles. The molecule has 0 radical (unpaired) electrons. The van der Waals surface area contributed by atoms with Crippen molar-refractivity contribution in [2.24, 2.45) is 11.7 Å². The Hall–Kier alpha value is -1.00. The fraction of sp³-hybridized carbons (Fsp3) is 0.500. The van der Waals surface area contributed by atoms with Gasteiger partial charge in [-0.25, -0.2) is 4.39 Å². The van der Waals surface area contributed by atoms with Crippen LogP contribution in [0.4, 0.5) is 4.39 Å². The summed E-state index contributed by atoms with van der Waals surface area (Å²) in [5.41, 5.74) is 4.90. The molecule has 1 aromatic carbocycles. The first-order valence-electron chi connectivity index (χ1n) is 6.47. The maximum absolute atomic E-state index is 13.6. The molecule has 0 spiro atoms. The summed E-state index contributed by atoms with van der Waals surface area (Å²) in [6.45, 7) is 0.485. The topological polar surface area (TPSA) is 52.3 Å². The summed E-state index contributed by atoms with van der Waals surface area (Å²) in [5, 5.41) is 0. The van der Waals surface area contributed by atoms with E-state index in [4.69, 9.17) is 33.7 Å². The van der Waals surface area contributed by atoms with E-state index in [0.717, 1.165) is 25.7 Å². The summed E-state index contributed by atoms with van der Waals surface area (Å²) < 4.78 is 18.5. The van der Waals surface area contributed by atoms with Gasteiger partial charge in [0.05, 0.1) is 12.2 Å². The molecule has 110 valence electrons. The van der Waals surface area contributed by atoms with Crippen LogP contribution in [0, 0.1) is 11.7 Å². The number of carbonyl (C=O) groups is 1. The first-order chi connectivity index (χ1) is 9.37. The second-order valence-corrected chi connectivity index (χ2v) is 6.76. The van der Waals surface area contributed by atoms with Crippen molar-refractivity contribution in [3.63, 3.8) is 0 Å². The molecule has 0 bridgehead atoms. The summed E-state index contributed by atoms with van der Waals surface area (Å²) in [6.07, 6.45) is 3.24. The van der Waals surface area contributed by atoms with Gasteiger partial charge in [-0.1, -0.05) is 0 Å². The summed E-state index contributed by atoms with van der Waals surface area (Å²) in [5.74, 6) is -0.707. The molecule has 2 N–H and O–H groups in total. The highest BCUT2D eigenvalue weighted by molar-refractivity contribution is 6.48. The first kappa shape index (κ1) is 15.4. The number of hydrogen-bond donors (Lipinski definition) is 1. The third-order valence-electron chi connectivity index (χ3n) is 3.53. The molecular formula is C14H16Cl2FNO2. The standard InChI is InChI=1S/C14H16Cl2FNO2/c15-14(16)5-3-9(4-6-14)8-20-10-1-2-11(13(18)19)12(17)7-10/h1-2,7,9H,3-6,8H2,(H2,18,19).